The Kier molecular flexibility index (Phi) is 4.80. The molecule has 0 saturated heterocycles. The number of aliphatic hydroxyl groups excluding tert-OH is 1. The van der Waals surface area contributed by atoms with Gasteiger partial charge in [-0.2, -0.15) is 0 Å². The van der Waals surface area contributed by atoms with Gasteiger partial charge in [0, 0.05) is 19.6 Å². The molecule has 0 bridgehead atoms. The Balaban J connectivity index is 2.33. The lowest BCUT2D eigenvalue weighted by Gasteiger charge is -2.22. The van der Waals surface area contributed by atoms with Crippen molar-refractivity contribution in [1.29, 1.82) is 0 Å². The highest BCUT2D eigenvalue weighted by molar-refractivity contribution is 5.74. The first-order valence-corrected chi connectivity index (χ1v) is 5.92. The molecule has 16 heavy (non-hydrogen) atoms. The molecule has 0 heterocycles. The third kappa shape index (κ3) is 3.52. The minimum absolute atomic E-state index is 0.0137. The zero-order valence-electron chi connectivity index (χ0n) is 10.0. The number of rotatable bonds is 7. The molecule has 4 nitrogen and oxygen atoms in total. The summed E-state index contributed by atoms with van der Waals surface area (Å²) in [5.41, 5.74) is 0.356. The molecule has 0 atom stereocenters. The number of aliphatic hydroxyl groups is 1. The van der Waals surface area contributed by atoms with Crippen molar-refractivity contribution in [3.05, 3.63) is 12.7 Å². The molecule has 0 unspecified atom stereocenters. The smallest absolute Gasteiger partial charge is 0.317 e. The van der Waals surface area contributed by atoms with E-state index in [4.69, 9.17) is 5.11 Å². The molecule has 2 N–H and O–H groups in total. The normalized spacial score (nSPS) is 16.6. The lowest BCUT2D eigenvalue weighted by Crippen LogP contribution is -2.43. The van der Waals surface area contributed by atoms with Gasteiger partial charge in [-0.25, -0.2) is 4.79 Å². The predicted molar refractivity (Wildman–Crippen MR) is 64.2 cm³/mol. The highest BCUT2D eigenvalue weighted by atomic mass is 16.3. The maximum Gasteiger partial charge on any atom is 0.317 e. The van der Waals surface area contributed by atoms with Gasteiger partial charge in [0.05, 0.1) is 6.61 Å². The van der Waals surface area contributed by atoms with Gasteiger partial charge in [0.25, 0.3) is 0 Å². The third-order valence-corrected chi connectivity index (χ3v) is 3.33. The molecule has 0 aliphatic heterocycles. The summed E-state index contributed by atoms with van der Waals surface area (Å²) in [6.45, 7) is 7.33. The fourth-order valence-electron chi connectivity index (χ4n) is 1.76. The van der Waals surface area contributed by atoms with Crippen LogP contribution >= 0.6 is 0 Å². The van der Waals surface area contributed by atoms with Gasteiger partial charge < -0.3 is 15.3 Å². The van der Waals surface area contributed by atoms with Crippen LogP contribution in [0.5, 0.6) is 0 Å². The summed E-state index contributed by atoms with van der Waals surface area (Å²) >= 11 is 0. The monoisotopic (exact) mass is 226 g/mol. The van der Waals surface area contributed by atoms with E-state index in [0.29, 0.717) is 18.5 Å². The maximum absolute atomic E-state index is 11.8. The van der Waals surface area contributed by atoms with Crippen LogP contribution in [0.3, 0.4) is 0 Å². The van der Waals surface area contributed by atoms with Crippen molar-refractivity contribution >= 4 is 6.03 Å². The fraction of sp³-hybridized carbons (Fsp3) is 0.750. The van der Waals surface area contributed by atoms with Crippen LogP contribution in [0.2, 0.25) is 0 Å². The van der Waals surface area contributed by atoms with Gasteiger partial charge in [-0.15, -0.1) is 6.58 Å². The quantitative estimate of drug-likeness (QED) is 0.644. The minimum Gasteiger partial charge on any atom is -0.395 e. The van der Waals surface area contributed by atoms with Crippen molar-refractivity contribution in [1.82, 2.24) is 10.2 Å². The molecule has 1 rings (SSSR count). The molecule has 0 aromatic carbocycles. The van der Waals surface area contributed by atoms with Gasteiger partial charge in [-0.1, -0.05) is 13.0 Å². The summed E-state index contributed by atoms with van der Waals surface area (Å²) in [6.07, 6.45) is 5.22. The fourth-order valence-corrected chi connectivity index (χ4v) is 1.76. The van der Waals surface area contributed by atoms with Crippen LogP contribution in [-0.2, 0) is 0 Å². The lowest BCUT2D eigenvalue weighted by atomic mass is 10.0. The second-order valence-electron chi connectivity index (χ2n) is 4.47. The Labute approximate surface area is 97.3 Å². The molecule has 0 aromatic rings. The van der Waals surface area contributed by atoms with Crippen LogP contribution < -0.4 is 5.32 Å². The van der Waals surface area contributed by atoms with Crippen molar-refractivity contribution < 1.29 is 9.90 Å². The molecule has 1 fully saturated rings. The predicted octanol–water partition coefficient (Wildman–Crippen LogP) is 1.37. The van der Waals surface area contributed by atoms with Gasteiger partial charge in [0.1, 0.15) is 0 Å². The molecule has 1 aliphatic rings. The van der Waals surface area contributed by atoms with Crippen molar-refractivity contribution in [2.75, 3.05) is 26.2 Å². The van der Waals surface area contributed by atoms with E-state index in [1.54, 1.807) is 11.0 Å². The summed E-state index contributed by atoms with van der Waals surface area (Å²) in [7, 11) is 0. The number of carbonyl (C=O) groups is 1. The van der Waals surface area contributed by atoms with E-state index < -0.39 is 0 Å². The standard InChI is InChI=1S/C12H22N2O2/c1-3-7-14(8-9-15)11(16)13-10-12(4-2)5-6-12/h3,15H,1,4-10H2,2H3,(H,13,16). The zero-order chi connectivity index (χ0) is 12.0. The largest absolute Gasteiger partial charge is 0.395 e. The molecule has 0 spiro atoms. The van der Waals surface area contributed by atoms with E-state index in [0.717, 1.165) is 13.0 Å². The molecule has 1 aliphatic carbocycles. The van der Waals surface area contributed by atoms with E-state index >= 15 is 0 Å². The first-order chi connectivity index (χ1) is 7.67. The van der Waals surface area contributed by atoms with Crippen LogP contribution in [0.15, 0.2) is 12.7 Å². The van der Waals surface area contributed by atoms with Crippen molar-refractivity contribution in [3.8, 4) is 0 Å². The maximum atomic E-state index is 11.8. The van der Waals surface area contributed by atoms with Crippen LogP contribution in [0.4, 0.5) is 4.79 Å². The van der Waals surface area contributed by atoms with Gasteiger partial charge in [-0.05, 0) is 24.7 Å². The van der Waals surface area contributed by atoms with E-state index in [2.05, 4.69) is 18.8 Å². The first-order valence-electron chi connectivity index (χ1n) is 5.92. The summed E-state index contributed by atoms with van der Waals surface area (Å²) < 4.78 is 0. The zero-order valence-corrected chi connectivity index (χ0v) is 10.0. The Morgan fingerprint density at radius 2 is 2.31 bits per heavy atom. The van der Waals surface area contributed by atoms with Crippen LogP contribution in [0.25, 0.3) is 0 Å². The number of nitrogens with one attached hydrogen (secondary N) is 1. The number of nitrogens with zero attached hydrogens (tertiary/aromatic N) is 1. The van der Waals surface area contributed by atoms with Gasteiger partial charge in [0.2, 0.25) is 0 Å². The summed E-state index contributed by atoms with van der Waals surface area (Å²) in [5, 5.41) is 11.8. The number of urea groups is 1. The molecule has 2 amide bonds. The van der Waals surface area contributed by atoms with Crippen LogP contribution in [0.1, 0.15) is 26.2 Å². The van der Waals surface area contributed by atoms with E-state index in [-0.39, 0.29) is 12.6 Å². The second-order valence-corrected chi connectivity index (χ2v) is 4.47. The molecule has 92 valence electrons. The topological polar surface area (TPSA) is 52.6 Å². The van der Waals surface area contributed by atoms with E-state index in [9.17, 15) is 4.79 Å². The number of hydrogen-bond acceptors (Lipinski definition) is 2. The minimum atomic E-state index is -0.103. The van der Waals surface area contributed by atoms with Crippen LogP contribution in [-0.4, -0.2) is 42.3 Å². The second kappa shape index (κ2) is 5.89. The Morgan fingerprint density at radius 1 is 1.62 bits per heavy atom. The summed E-state index contributed by atoms with van der Waals surface area (Å²) in [5.74, 6) is 0. The molecular formula is C12H22N2O2. The van der Waals surface area contributed by atoms with E-state index in [1.165, 1.54) is 12.8 Å². The van der Waals surface area contributed by atoms with Crippen molar-refractivity contribution in [2.45, 2.75) is 26.2 Å². The summed E-state index contributed by atoms with van der Waals surface area (Å²) in [6, 6.07) is -0.103. The van der Waals surface area contributed by atoms with Gasteiger partial charge in [-0.3, -0.25) is 0 Å². The number of amides is 2. The van der Waals surface area contributed by atoms with Crippen molar-refractivity contribution in [2.24, 2.45) is 5.41 Å². The Morgan fingerprint density at radius 3 is 2.75 bits per heavy atom. The van der Waals surface area contributed by atoms with Gasteiger partial charge in [0.15, 0.2) is 0 Å². The Hall–Kier alpha value is -1.03. The highest BCUT2D eigenvalue weighted by Crippen LogP contribution is 2.47. The van der Waals surface area contributed by atoms with Crippen molar-refractivity contribution in [3.63, 3.8) is 0 Å². The van der Waals surface area contributed by atoms with Gasteiger partial charge >= 0.3 is 6.03 Å². The lowest BCUT2D eigenvalue weighted by molar-refractivity contribution is 0.181. The molecule has 4 heteroatoms. The SMILES string of the molecule is C=CCN(CCO)C(=O)NCC1(CC)CC1. The first kappa shape index (κ1) is 13.0. The number of carbonyl (C=O) groups excluding carboxylic acids is 1. The molecule has 0 aromatic heterocycles. The summed E-state index contributed by atoms with van der Waals surface area (Å²) in [4.78, 5) is 13.3. The molecular weight excluding hydrogens is 204 g/mol. The third-order valence-electron chi connectivity index (χ3n) is 3.33. The van der Waals surface area contributed by atoms with Crippen LogP contribution in [0, 0.1) is 5.41 Å². The Bertz CT molecular complexity index is 249. The highest BCUT2D eigenvalue weighted by Gasteiger charge is 2.40. The molecule has 0 radical (unpaired) electrons. The average molecular weight is 226 g/mol. The average Bonchev–Trinajstić information content (AvgIpc) is 3.06. The number of hydrogen-bond donors (Lipinski definition) is 2. The van der Waals surface area contributed by atoms with E-state index in [1.807, 2.05) is 0 Å². The molecule has 1 saturated carbocycles.